The molecule has 14 aliphatic rings. The van der Waals surface area contributed by atoms with Crippen molar-refractivity contribution in [2.75, 3.05) is 81.6 Å². The molecular formula is C54H54O12. The van der Waals surface area contributed by atoms with E-state index in [1.807, 2.05) is 0 Å². The minimum atomic E-state index is -3.85. The Hall–Kier alpha value is -7.08. The molecule has 66 heavy (non-hydrogen) atoms. The summed E-state index contributed by atoms with van der Waals surface area (Å²) in [7, 11) is -20.5. The molecule has 2 aliphatic carbocycles. The molecular weight excluding hydrogens is 841 g/mol. The highest BCUT2D eigenvalue weighted by atomic mass is 16.6. The number of hydrogen-bond acceptors (Lipinski definition) is 12. The first-order valence-electron chi connectivity index (χ1n) is 34.8. The first-order valence-corrected chi connectivity index (χ1v) is 19.8. The largest absolute Gasteiger partial charge is 0.493 e. The maximum atomic E-state index is 9.28. The summed E-state index contributed by atoms with van der Waals surface area (Å²) in [6, 6.07) is 11.9. The number of ether oxygens (including phenoxy) is 12. The molecule has 0 fully saturated rings. The summed E-state index contributed by atoms with van der Waals surface area (Å²) in [5.74, 6) is -10.3. The Bertz CT molecular complexity index is 3370. The normalized spacial score (nSPS) is 27.3. The number of hydrogen-bond donors (Lipinski definition) is 0. The maximum Gasteiger partial charge on any atom is 0.161 e. The van der Waals surface area contributed by atoms with E-state index in [-0.39, 0.29) is 66.8 Å². The Morgan fingerprint density at radius 3 is 0.576 bits per heavy atom. The first kappa shape index (κ1) is 20.6. The lowest BCUT2D eigenvalue weighted by molar-refractivity contribution is 0.205. The second-order valence-electron chi connectivity index (χ2n) is 15.3. The molecule has 12 heterocycles. The predicted octanol–water partition coefficient (Wildman–Crippen LogP) is 8.91. The van der Waals surface area contributed by atoms with Gasteiger partial charge in [0.2, 0.25) is 0 Å². The van der Waals surface area contributed by atoms with Crippen LogP contribution in [0.5, 0.6) is 69.0 Å². The molecule has 12 heteroatoms. The van der Waals surface area contributed by atoms with E-state index in [1.165, 1.54) is 0 Å². The van der Waals surface area contributed by atoms with E-state index >= 15 is 0 Å². The summed E-state index contributed by atoms with van der Waals surface area (Å²) in [5.41, 5.74) is -0.651. The summed E-state index contributed by atoms with van der Waals surface area (Å²) in [6.45, 7) is -23.1. The van der Waals surface area contributed by atoms with Crippen LogP contribution in [0.1, 0.15) is 108 Å². The molecule has 20 rings (SSSR count). The smallest absolute Gasteiger partial charge is 0.161 e. The SMILES string of the molecule is [2H]C([2H])([2H])Oc1cc2c3cc1OC([2H])([2H])C([2H])([2H])Oc1cc4c(cc1OC([2H])([2H])[2H])Cc1cc5c(OC([2H])([2H])[2H])cc1Cc1cc(c(OC([2H])([2H])[2H])cc1C4)OC([2H])([2H])C([2H])([2H])Oc1cc(c(cc1OC([2H])([2H])[2H])Cc1cc(c(OC([2H])([2H])[2H])cc1C3)OC([2H])([2H])C([2H])([2H])O5)C2. The quantitative estimate of drug-likeness (QED) is 0.159. The average Bonchev–Trinajstić information content (AvgIpc) is 1.35. The van der Waals surface area contributed by atoms with Crippen LogP contribution in [-0.2, 0) is 38.5 Å². The van der Waals surface area contributed by atoms with Crippen molar-refractivity contribution in [3.05, 3.63) is 140 Å². The third kappa shape index (κ3) is 8.36. The Morgan fingerprint density at radius 1 is 0.273 bits per heavy atom. The molecule has 0 amide bonds. The van der Waals surface area contributed by atoms with Gasteiger partial charge in [-0.1, -0.05) is 0 Å². The summed E-state index contributed by atoms with van der Waals surface area (Å²) >= 11 is 0. The molecule has 0 N–H and O–H groups in total. The lowest BCUT2D eigenvalue weighted by atomic mass is 9.94. The van der Waals surface area contributed by atoms with Gasteiger partial charge in [0.05, 0.1) is 83.4 Å². The fourth-order valence-corrected chi connectivity index (χ4v) is 8.48. The topological polar surface area (TPSA) is 111 Å². The highest BCUT2D eigenvalue weighted by Crippen LogP contribution is 2.44. The lowest BCUT2D eigenvalue weighted by Crippen LogP contribution is -2.12. The van der Waals surface area contributed by atoms with Crippen molar-refractivity contribution < 1.29 is 98.0 Å². The van der Waals surface area contributed by atoms with Crippen LogP contribution in [0.4, 0.5) is 0 Å². The third-order valence-corrected chi connectivity index (χ3v) is 11.6. The van der Waals surface area contributed by atoms with E-state index in [2.05, 4.69) is 0 Å². The molecule has 12 aliphatic heterocycles. The summed E-state index contributed by atoms with van der Waals surface area (Å²) in [4.78, 5) is 0. The fourth-order valence-electron chi connectivity index (χ4n) is 8.48. The van der Waals surface area contributed by atoms with Gasteiger partial charge in [-0.25, -0.2) is 0 Å². The van der Waals surface area contributed by atoms with Crippen LogP contribution in [0, 0.1) is 0 Å². The summed E-state index contributed by atoms with van der Waals surface area (Å²) in [6.07, 6.45) is -3.18. The van der Waals surface area contributed by atoms with Crippen molar-refractivity contribution in [1.29, 1.82) is 0 Å². The van der Waals surface area contributed by atoms with Crippen LogP contribution >= 0.6 is 0 Å². The number of rotatable bonds is 6. The number of methoxy groups -OCH3 is 6. The van der Waals surface area contributed by atoms with E-state index in [0.29, 0.717) is 0 Å². The van der Waals surface area contributed by atoms with Crippen molar-refractivity contribution in [2.24, 2.45) is 0 Å². The van der Waals surface area contributed by atoms with Gasteiger partial charge in [0.25, 0.3) is 0 Å². The van der Waals surface area contributed by atoms with E-state index in [1.54, 1.807) is 0 Å². The van der Waals surface area contributed by atoms with Crippen molar-refractivity contribution >= 4 is 0 Å². The van der Waals surface area contributed by atoms with Gasteiger partial charge < -0.3 is 56.8 Å². The van der Waals surface area contributed by atoms with Gasteiger partial charge in [-0.15, -0.1) is 0 Å². The van der Waals surface area contributed by atoms with Crippen LogP contribution in [0.15, 0.2) is 72.8 Å². The Balaban J connectivity index is 1.39. The summed E-state index contributed by atoms with van der Waals surface area (Å²) < 4.78 is 326. The zero-order valence-corrected chi connectivity index (χ0v) is 34.1. The molecule has 0 aromatic heterocycles. The first-order chi connectivity index (χ1) is 43.6. The molecule has 0 atom stereocenters. The van der Waals surface area contributed by atoms with Gasteiger partial charge in [0.1, 0.15) is 39.4 Å². The predicted molar refractivity (Wildman–Crippen MR) is 248 cm³/mol. The molecule has 6 aromatic carbocycles. The second-order valence-corrected chi connectivity index (χ2v) is 15.3. The standard InChI is InChI=1S/C54H54O12/c1-55-43-19-31-13-38-26-50-45(57-3)21-33(38)15-39-27-52-44(56-2)20-32(39)14-37(31)25-49(43)61-7-8-62-51-28-40-16-35-23-47(59-5)53(65-10-9-63-50)30-42(35)18-36-24-48(60-6)54(66-12-11-64-52)29-41(36)17-34(40)22-46(51)58-4/h19-30H,7-18H2,1-6H3/i1D3,2D3,3D3,4D3,5D3,6D3,7D2,8D2,9D2,10D2,11D2,12D2. The van der Waals surface area contributed by atoms with Crippen molar-refractivity contribution in [2.45, 2.75) is 38.5 Å². The monoisotopic (exact) mass is 925 g/mol. The zero-order chi connectivity index (χ0) is 71.1. The molecule has 0 unspecified atom stereocenters. The minimum Gasteiger partial charge on any atom is -0.493 e. The highest BCUT2D eigenvalue weighted by Gasteiger charge is 2.26. The van der Waals surface area contributed by atoms with Crippen molar-refractivity contribution in [3.8, 4) is 69.0 Å². The lowest BCUT2D eigenvalue weighted by Gasteiger charge is -2.20. The van der Waals surface area contributed by atoms with E-state index in [9.17, 15) is 16.4 Å². The second kappa shape index (κ2) is 18.4. The van der Waals surface area contributed by atoms with Crippen LogP contribution in [0.25, 0.3) is 0 Å². The fraction of sp³-hybridized carbons (Fsp3) is 0.333. The molecule has 18 bridgehead atoms. The van der Waals surface area contributed by atoms with E-state index in [0.717, 1.165) is 72.8 Å². The molecule has 6 aromatic rings. The van der Waals surface area contributed by atoms with E-state index < -0.39 is 189 Å². The highest BCUT2D eigenvalue weighted by molar-refractivity contribution is 5.60. The van der Waals surface area contributed by atoms with Crippen LogP contribution in [0.3, 0.4) is 0 Å². The molecule has 0 saturated heterocycles. The third-order valence-electron chi connectivity index (χ3n) is 11.6. The van der Waals surface area contributed by atoms with Crippen LogP contribution in [0.2, 0.25) is 0 Å². The van der Waals surface area contributed by atoms with Gasteiger partial charge >= 0.3 is 0 Å². The molecule has 0 saturated carbocycles. The van der Waals surface area contributed by atoms with Gasteiger partial charge in [-0.3, -0.25) is 0 Å². The van der Waals surface area contributed by atoms with Gasteiger partial charge in [-0.05, 0) is 178 Å². The van der Waals surface area contributed by atoms with Crippen molar-refractivity contribution in [3.63, 3.8) is 0 Å². The van der Waals surface area contributed by atoms with Gasteiger partial charge in [-0.2, -0.15) is 0 Å². The Labute approximate surface area is 427 Å². The molecule has 12 nitrogen and oxygen atoms in total. The minimum absolute atomic E-state index is 0.0424. The van der Waals surface area contributed by atoms with Crippen LogP contribution in [-0.4, -0.2) is 81.6 Å². The van der Waals surface area contributed by atoms with Gasteiger partial charge in [0.15, 0.2) is 69.0 Å². The molecule has 0 spiro atoms. The Kier molecular flexibility index (Phi) is 5.75. The Morgan fingerprint density at radius 2 is 0.424 bits per heavy atom. The van der Waals surface area contributed by atoms with Crippen molar-refractivity contribution in [1.82, 2.24) is 0 Å². The summed E-state index contributed by atoms with van der Waals surface area (Å²) in [5, 5.41) is 0. The average molecular weight is 925 g/mol. The van der Waals surface area contributed by atoms with Crippen LogP contribution < -0.4 is 56.8 Å². The van der Waals surface area contributed by atoms with Gasteiger partial charge in [0, 0.05) is 0 Å². The maximum absolute atomic E-state index is 9.28. The van der Waals surface area contributed by atoms with E-state index in [4.69, 9.17) is 81.5 Å². The molecule has 342 valence electrons. The number of benzene rings is 6. The zero-order valence-electron chi connectivity index (χ0n) is 64.1. The molecule has 0 radical (unpaired) electrons.